The van der Waals surface area contributed by atoms with Gasteiger partial charge in [-0.1, -0.05) is 18.2 Å². The first-order valence-electron chi connectivity index (χ1n) is 10.8. The van der Waals surface area contributed by atoms with Gasteiger partial charge in [-0.15, -0.1) is 0 Å². The maximum atomic E-state index is 6.49. The maximum absolute atomic E-state index is 6.49. The van der Waals surface area contributed by atoms with Crippen LogP contribution in [-0.4, -0.2) is 65.1 Å². The van der Waals surface area contributed by atoms with Crippen molar-refractivity contribution in [2.24, 2.45) is 12.8 Å². The van der Waals surface area contributed by atoms with E-state index in [1.54, 1.807) is 13.3 Å². The van der Waals surface area contributed by atoms with Crippen LogP contribution in [-0.2, 0) is 11.8 Å². The molecule has 2 aromatic heterocycles. The first-order chi connectivity index (χ1) is 15.9. The van der Waals surface area contributed by atoms with Crippen LogP contribution in [0.25, 0.3) is 22.3 Å². The van der Waals surface area contributed by atoms with E-state index in [0.29, 0.717) is 23.2 Å². The van der Waals surface area contributed by atoms with E-state index in [1.165, 1.54) is 0 Å². The molecule has 0 amide bonds. The summed E-state index contributed by atoms with van der Waals surface area (Å²) in [4.78, 5) is 11.2. The van der Waals surface area contributed by atoms with Crippen LogP contribution in [0.15, 0.2) is 59.9 Å². The molecule has 10 heteroatoms. The zero-order valence-electron chi connectivity index (χ0n) is 19.7. The minimum Gasteiger partial charge on any atom is -0.481 e. The number of allylic oxidation sites excluding steroid dienone is 1. The van der Waals surface area contributed by atoms with Crippen molar-refractivity contribution in [3.8, 4) is 11.4 Å². The Morgan fingerprint density at radius 2 is 2.03 bits per heavy atom. The number of fused-ring (bicyclic) bond motifs is 1. The van der Waals surface area contributed by atoms with E-state index in [0.717, 1.165) is 35.3 Å². The number of aromatic nitrogens is 4. The van der Waals surface area contributed by atoms with Crippen LogP contribution in [0.5, 0.6) is 0 Å². The van der Waals surface area contributed by atoms with Crippen LogP contribution in [0.3, 0.4) is 0 Å². The molecule has 0 saturated heterocycles. The number of hydrogen-bond acceptors (Lipinski definition) is 9. The summed E-state index contributed by atoms with van der Waals surface area (Å²) < 4.78 is 7.50. The minimum absolute atomic E-state index is 0.419. The fourth-order valence-electron chi connectivity index (χ4n) is 3.94. The average Bonchev–Trinajstić information content (AvgIpc) is 3.16. The third kappa shape index (κ3) is 4.35. The van der Waals surface area contributed by atoms with Gasteiger partial charge in [-0.3, -0.25) is 10.00 Å². The molecular weight excluding hydrogens is 418 g/mol. The summed E-state index contributed by atoms with van der Waals surface area (Å²) in [5, 5.41) is 15.7. The molecule has 4 rings (SSSR count). The molecule has 174 valence electrons. The molecule has 0 fully saturated rings. The number of benzene rings is 1. The number of likely N-dealkylation sites (N-methyl/N-ethyl adjacent to an activating group) is 1. The van der Waals surface area contributed by atoms with Gasteiger partial charge in [0.1, 0.15) is 17.1 Å². The van der Waals surface area contributed by atoms with Crippen molar-refractivity contribution in [2.75, 3.05) is 40.1 Å². The molecule has 0 radical (unpaired) electrons. The Morgan fingerprint density at radius 1 is 1.24 bits per heavy atom. The quantitative estimate of drug-likeness (QED) is 0.406. The summed E-state index contributed by atoms with van der Waals surface area (Å²) >= 11 is 0. The molecule has 1 atom stereocenters. The number of methoxy groups -OCH3 is 1. The van der Waals surface area contributed by atoms with Crippen LogP contribution in [0, 0.1) is 0 Å². The number of hydrogen-bond donors (Lipinski definition) is 4. The molecule has 1 unspecified atom stereocenters. The lowest BCUT2D eigenvalue weighted by atomic mass is 9.98. The van der Waals surface area contributed by atoms with E-state index in [1.807, 2.05) is 69.3 Å². The van der Waals surface area contributed by atoms with Crippen LogP contribution < -0.4 is 21.7 Å². The lowest BCUT2D eigenvalue weighted by molar-refractivity contribution is 0.189. The Bertz CT molecular complexity index is 1210. The van der Waals surface area contributed by atoms with Gasteiger partial charge in [-0.2, -0.15) is 5.10 Å². The zero-order chi connectivity index (χ0) is 23.6. The lowest BCUT2D eigenvalue weighted by Crippen LogP contribution is -2.61. The number of nitrogens with one attached hydrogen (secondary N) is 3. The summed E-state index contributed by atoms with van der Waals surface area (Å²) in [5.41, 5.74) is 9.73. The second-order valence-electron chi connectivity index (χ2n) is 8.26. The Balaban J connectivity index is 1.64. The van der Waals surface area contributed by atoms with Gasteiger partial charge in [-0.25, -0.2) is 9.97 Å². The van der Waals surface area contributed by atoms with Gasteiger partial charge in [0.2, 0.25) is 11.8 Å². The molecule has 1 aliphatic heterocycles. The van der Waals surface area contributed by atoms with Gasteiger partial charge in [0.15, 0.2) is 0 Å². The van der Waals surface area contributed by atoms with Crippen molar-refractivity contribution in [1.29, 1.82) is 0 Å². The van der Waals surface area contributed by atoms with Crippen LogP contribution >= 0.6 is 0 Å². The van der Waals surface area contributed by atoms with E-state index in [-0.39, 0.29) is 0 Å². The second kappa shape index (κ2) is 9.08. The number of para-hydroxylation sites is 1. The monoisotopic (exact) mass is 449 g/mol. The first kappa shape index (κ1) is 22.6. The molecule has 3 aromatic rings. The molecule has 5 N–H and O–H groups in total. The fraction of sp³-hybridized carbons (Fsp3) is 0.348. The Morgan fingerprint density at radius 3 is 2.76 bits per heavy atom. The van der Waals surface area contributed by atoms with Crippen molar-refractivity contribution < 1.29 is 4.74 Å². The molecule has 1 aliphatic rings. The SMILES string of the molecule is CNC1(CCN(C)C)NC(OC)=C(Nc2nccc(-c3nn(C)c4ccccc34)n2)C=C1N. The summed E-state index contributed by atoms with van der Waals surface area (Å²) in [6.07, 6.45) is 4.31. The van der Waals surface area contributed by atoms with Crippen molar-refractivity contribution >= 4 is 16.9 Å². The van der Waals surface area contributed by atoms with Gasteiger partial charge in [-0.05, 0) is 39.4 Å². The molecule has 1 aromatic carbocycles. The van der Waals surface area contributed by atoms with Crippen molar-refractivity contribution in [2.45, 2.75) is 12.1 Å². The first-order valence-corrected chi connectivity index (χ1v) is 10.8. The largest absolute Gasteiger partial charge is 0.481 e. The normalized spacial score (nSPS) is 18.4. The Labute approximate surface area is 193 Å². The third-order valence-electron chi connectivity index (χ3n) is 5.83. The molecule has 0 spiro atoms. The predicted octanol–water partition coefficient (Wildman–Crippen LogP) is 1.57. The number of rotatable bonds is 8. The number of dihydropyridines is 1. The Hall–Kier alpha value is -3.63. The molecule has 33 heavy (non-hydrogen) atoms. The average molecular weight is 450 g/mol. The lowest BCUT2D eigenvalue weighted by Gasteiger charge is -2.40. The van der Waals surface area contributed by atoms with Gasteiger partial charge >= 0.3 is 0 Å². The van der Waals surface area contributed by atoms with E-state index in [4.69, 9.17) is 15.5 Å². The van der Waals surface area contributed by atoms with Crippen molar-refractivity contribution in [1.82, 2.24) is 35.3 Å². The highest BCUT2D eigenvalue weighted by molar-refractivity contribution is 5.92. The molecule has 3 heterocycles. The second-order valence-corrected chi connectivity index (χ2v) is 8.26. The van der Waals surface area contributed by atoms with E-state index >= 15 is 0 Å². The molecule has 0 bridgehead atoms. The van der Waals surface area contributed by atoms with E-state index < -0.39 is 5.66 Å². The summed E-state index contributed by atoms with van der Waals surface area (Å²) in [6.45, 7) is 0.839. The summed E-state index contributed by atoms with van der Waals surface area (Å²) in [5.74, 6) is 0.970. The van der Waals surface area contributed by atoms with Crippen LogP contribution in [0.1, 0.15) is 6.42 Å². The van der Waals surface area contributed by atoms with Gasteiger partial charge in [0.05, 0.1) is 24.0 Å². The number of anilines is 1. The molecule has 0 saturated carbocycles. The summed E-state index contributed by atoms with van der Waals surface area (Å²) in [7, 11) is 9.47. The van der Waals surface area contributed by atoms with Gasteiger partial charge in [0.25, 0.3) is 0 Å². The van der Waals surface area contributed by atoms with Gasteiger partial charge < -0.3 is 26.0 Å². The van der Waals surface area contributed by atoms with Crippen LogP contribution in [0.4, 0.5) is 5.95 Å². The molecular formula is C23H31N9O. The highest BCUT2D eigenvalue weighted by atomic mass is 16.5. The predicted molar refractivity (Wildman–Crippen MR) is 130 cm³/mol. The van der Waals surface area contributed by atoms with Crippen molar-refractivity contribution in [3.63, 3.8) is 0 Å². The number of ether oxygens (including phenoxy) is 1. The standard InChI is InChI=1S/C23H31N9O/c1-25-23(11-13-31(2)3)19(24)14-17(21(29-23)33-5)28-22-26-12-10-16(27-22)20-15-8-6-7-9-18(15)32(4)30-20/h6-10,12,14,25,29H,11,13,24H2,1-5H3,(H,26,27,28). The maximum Gasteiger partial charge on any atom is 0.227 e. The smallest absolute Gasteiger partial charge is 0.227 e. The third-order valence-corrected chi connectivity index (χ3v) is 5.83. The van der Waals surface area contributed by atoms with E-state index in [9.17, 15) is 0 Å². The van der Waals surface area contributed by atoms with Crippen LogP contribution in [0.2, 0.25) is 0 Å². The number of nitrogens with zero attached hydrogens (tertiary/aromatic N) is 5. The van der Waals surface area contributed by atoms with E-state index in [2.05, 4.69) is 30.9 Å². The fourth-order valence-corrected chi connectivity index (χ4v) is 3.94. The topological polar surface area (TPSA) is 118 Å². The number of aryl methyl sites for hydroxylation is 1. The highest BCUT2D eigenvalue weighted by Gasteiger charge is 2.36. The molecule has 10 nitrogen and oxygen atoms in total. The van der Waals surface area contributed by atoms with Gasteiger partial charge in [0, 0.05) is 31.6 Å². The molecule has 0 aliphatic carbocycles. The van der Waals surface area contributed by atoms with Crippen molar-refractivity contribution in [3.05, 3.63) is 59.9 Å². The summed E-state index contributed by atoms with van der Waals surface area (Å²) in [6, 6.07) is 9.92. The zero-order valence-corrected chi connectivity index (χ0v) is 19.7. The highest BCUT2D eigenvalue weighted by Crippen LogP contribution is 2.28. The number of nitrogens with two attached hydrogens (primary N) is 1. The minimum atomic E-state index is -0.615. The Kier molecular flexibility index (Phi) is 6.21.